The molecule has 0 saturated heterocycles. The Hall–Kier alpha value is -2.36. The van der Waals surface area contributed by atoms with Gasteiger partial charge >= 0.3 is 0 Å². The predicted molar refractivity (Wildman–Crippen MR) is 70.0 cm³/mol. The third kappa shape index (κ3) is 1.39. The van der Waals surface area contributed by atoms with E-state index in [-0.39, 0.29) is 5.88 Å². The first-order valence-electron chi connectivity index (χ1n) is 5.77. The van der Waals surface area contributed by atoms with E-state index < -0.39 is 0 Å². The van der Waals surface area contributed by atoms with Crippen LogP contribution < -0.4 is 0 Å². The Bertz CT molecular complexity index is 717. The lowest BCUT2D eigenvalue weighted by Crippen LogP contribution is -1.97. The molecule has 1 aromatic carbocycles. The highest BCUT2D eigenvalue weighted by Gasteiger charge is 2.16. The number of aromatic nitrogens is 3. The summed E-state index contributed by atoms with van der Waals surface area (Å²) in [5, 5.41) is 10.6. The van der Waals surface area contributed by atoms with Crippen LogP contribution in [0, 0.1) is 13.8 Å². The fraction of sp³-hybridized carbons (Fsp3) is 0.143. The molecule has 90 valence electrons. The first kappa shape index (κ1) is 10.8. The summed E-state index contributed by atoms with van der Waals surface area (Å²) in [6.45, 7) is 3.99. The Kier molecular flexibility index (Phi) is 2.30. The molecule has 4 nitrogen and oxygen atoms in total. The van der Waals surface area contributed by atoms with Gasteiger partial charge in [0.2, 0.25) is 5.88 Å². The van der Waals surface area contributed by atoms with E-state index in [0.29, 0.717) is 0 Å². The van der Waals surface area contributed by atoms with Crippen LogP contribution in [0.15, 0.2) is 36.7 Å². The molecule has 18 heavy (non-hydrogen) atoms. The van der Waals surface area contributed by atoms with Crippen molar-refractivity contribution in [3.8, 4) is 11.6 Å². The second-order valence-corrected chi connectivity index (χ2v) is 4.28. The highest BCUT2D eigenvalue weighted by molar-refractivity contribution is 5.87. The van der Waals surface area contributed by atoms with Crippen molar-refractivity contribution in [2.75, 3.05) is 0 Å². The molecular weight excluding hydrogens is 226 g/mol. The average Bonchev–Trinajstić information content (AvgIpc) is 2.64. The number of nitrogens with zero attached hydrogens (tertiary/aromatic N) is 3. The number of hydrogen-bond donors (Lipinski definition) is 1. The molecule has 0 aliphatic carbocycles. The molecule has 0 aliphatic heterocycles. The lowest BCUT2D eigenvalue weighted by molar-refractivity contribution is 0.459. The molecule has 0 saturated carbocycles. The third-order valence-electron chi connectivity index (χ3n) is 3.29. The summed E-state index contributed by atoms with van der Waals surface area (Å²) in [4.78, 5) is 8.14. The molecule has 2 aromatic heterocycles. The first-order valence-corrected chi connectivity index (χ1v) is 5.77. The second-order valence-electron chi connectivity index (χ2n) is 4.28. The van der Waals surface area contributed by atoms with E-state index in [0.717, 1.165) is 28.0 Å². The summed E-state index contributed by atoms with van der Waals surface area (Å²) in [7, 11) is 0. The van der Waals surface area contributed by atoms with Crippen molar-refractivity contribution in [2.45, 2.75) is 13.8 Å². The minimum atomic E-state index is 0.0373. The van der Waals surface area contributed by atoms with Crippen LogP contribution in [0.25, 0.3) is 16.7 Å². The van der Waals surface area contributed by atoms with Gasteiger partial charge in [0.25, 0.3) is 0 Å². The molecule has 4 heteroatoms. The summed E-state index contributed by atoms with van der Waals surface area (Å²) >= 11 is 0. The van der Waals surface area contributed by atoms with Gasteiger partial charge < -0.3 is 5.11 Å². The molecule has 3 aromatic rings. The number of rotatable bonds is 1. The van der Waals surface area contributed by atoms with Crippen molar-refractivity contribution >= 4 is 11.0 Å². The van der Waals surface area contributed by atoms with Crippen LogP contribution in [0.4, 0.5) is 0 Å². The number of fused-ring (bicyclic) bond motifs is 1. The summed E-state index contributed by atoms with van der Waals surface area (Å²) < 4.78 is 2.03. The molecule has 0 bridgehead atoms. The maximum absolute atomic E-state index is 9.87. The summed E-state index contributed by atoms with van der Waals surface area (Å²) in [5.74, 6) is 0.0373. The largest absolute Gasteiger partial charge is 0.493 e. The number of aryl methyl sites for hydroxylation is 1. The smallest absolute Gasteiger partial charge is 0.223 e. The van der Waals surface area contributed by atoms with Gasteiger partial charge in [-0.3, -0.25) is 4.57 Å². The van der Waals surface area contributed by atoms with E-state index in [9.17, 15) is 5.11 Å². The van der Waals surface area contributed by atoms with E-state index in [2.05, 4.69) is 9.97 Å². The zero-order chi connectivity index (χ0) is 12.7. The highest BCUT2D eigenvalue weighted by atomic mass is 16.3. The van der Waals surface area contributed by atoms with E-state index in [1.165, 1.54) is 6.33 Å². The Balaban J connectivity index is 2.44. The fourth-order valence-corrected chi connectivity index (χ4v) is 2.27. The van der Waals surface area contributed by atoms with Crippen molar-refractivity contribution < 1.29 is 5.11 Å². The van der Waals surface area contributed by atoms with Gasteiger partial charge in [-0.05, 0) is 31.5 Å². The SMILES string of the molecule is Cc1c(C)n(-c2ccccc2)c2ncnc(O)c12. The molecule has 0 unspecified atom stereocenters. The Morgan fingerprint density at radius 1 is 1.06 bits per heavy atom. The molecule has 1 N–H and O–H groups in total. The van der Waals surface area contributed by atoms with Crippen molar-refractivity contribution in [1.82, 2.24) is 14.5 Å². The monoisotopic (exact) mass is 239 g/mol. The number of benzene rings is 1. The number of para-hydroxylation sites is 1. The van der Waals surface area contributed by atoms with Crippen molar-refractivity contribution in [3.05, 3.63) is 47.9 Å². The van der Waals surface area contributed by atoms with E-state index >= 15 is 0 Å². The highest BCUT2D eigenvalue weighted by Crippen LogP contribution is 2.31. The molecule has 3 rings (SSSR count). The van der Waals surface area contributed by atoms with Gasteiger partial charge in [0.05, 0.1) is 5.39 Å². The number of aromatic hydroxyl groups is 1. The van der Waals surface area contributed by atoms with Crippen molar-refractivity contribution in [3.63, 3.8) is 0 Å². The first-order chi connectivity index (χ1) is 8.70. The maximum atomic E-state index is 9.87. The molecule has 0 radical (unpaired) electrons. The lowest BCUT2D eigenvalue weighted by Gasteiger charge is -2.07. The van der Waals surface area contributed by atoms with Crippen LogP contribution in [0.2, 0.25) is 0 Å². The summed E-state index contributed by atoms with van der Waals surface area (Å²) in [5.41, 5.74) is 3.84. The lowest BCUT2D eigenvalue weighted by atomic mass is 10.2. The fourth-order valence-electron chi connectivity index (χ4n) is 2.27. The number of hydrogen-bond acceptors (Lipinski definition) is 3. The molecule has 0 aliphatic rings. The van der Waals surface area contributed by atoms with Gasteiger partial charge in [0, 0.05) is 11.4 Å². The molecule has 0 amide bonds. The van der Waals surface area contributed by atoms with E-state index in [4.69, 9.17) is 0 Å². The topological polar surface area (TPSA) is 50.9 Å². The standard InChI is InChI=1S/C14H13N3O/c1-9-10(2)17(11-6-4-3-5-7-11)13-12(9)14(18)16-8-15-13/h3-8H,1-2H3,(H,15,16,18). The minimum absolute atomic E-state index is 0.0373. The normalized spacial score (nSPS) is 11.0. The van der Waals surface area contributed by atoms with Crippen LogP contribution in [-0.4, -0.2) is 19.6 Å². The van der Waals surface area contributed by atoms with Gasteiger partial charge in [-0.2, -0.15) is 0 Å². The van der Waals surface area contributed by atoms with Crippen molar-refractivity contribution in [1.29, 1.82) is 0 Å². The van der Waals surface area contributed by atoms with Crippen molar-refractivity contribution in [2.24, 2.45) is 0 Å². The van der Waals surface area contributed by atoms with Gasteiger partial charge in [-0.15, -0.1) is 0 Å². The maximum Gasteiger partial charge on any atom is 0.223 e. The predicted octanol–water partition coefficient (Wildman–Crippen LogP) is 2.74. The zero-order valence-corrected chi connectivity index (χ0v) is 10.3. The van der Waals surface area contributed by atoms with Crippen LogP contribution in [-0.2, 0) is 0 Å². The van der Waals surface area contributed by atoms with Crippen LogP contribution >= 0.6 is 0 Å². The zero-order valence-electron chi connectivity index (χ0n) is 10.3. The van der Waals surface area contributed by atoms with E-state index in [1.807, 2.05) is 48.7 Å². The summed E-state index contributed by atoms with van der Waals surface area (Å²) in [6.07, 6.45) is 1.38. The van der Waals surface area contributed by atoms with Crippen LogP contribution in [0.5, 0.6) is 5.88 Å². The van der Waals surface area contributed by atoms with Crippen LogP contribution in [0.3, 0.4) is 0 Å². The average molecular weight is 239 g/mol. The quantitative estimate of drug-likeness (QED) is 0.710. The van der Waals surface area contributed by atoms with Crippen LogP contribution in [0.1, 0.15) is 11.3 Å². The Labute approximate surface area is 105 Å². The molecule has 2 heterocycles. The second kappa shape index (κ2) is 3.84. The van der Waals surface area contributed by atoms with E-state index in [1.54, 1.807) is 0 Å². The molecule has 0 atom stereocenters. The third-order valence-corrected chi connectivity index (χ3v) is 3.29. The van der Waals surface area contributed by atoms with Gasteiger partial charge in [0.15, 0.2) is 5.65 Å². The minimum Gasteiger partial charge on any atom is -0.493 e. The van der Waals surface area contributed by atoms with Gasteiger partial charge in [-0.25, -0.2) is 9.97 Å². The molecule has 0 spiro atoms. The molecular formula is C14H13N3O. The summed E-state index contributed by atoms with van der Waals surface area (Å²) in [6, 6.07) is 9.98. The molecule has 0 fully saturated rings. The van der Waals surface area contributed by atoms with Gasteiger partial charge in [-0.1, -0.05) is 18.2 Å². The Morgan fingerprint density at radius 3 is 2.50 bits per heavy atom. The Morgan fingerprint density at radius 2 is 1.78 bits per heavy atom. The van der Waals surface area contributed by atoms with Gasteiger partial charge in [0.1, 0.15) is 6.33 Å².